The fraction of sp³-hybridized carbons (Fsp3) is 0.931. The number of esters is 2. The van der Waals surface area contributed by atoms with Gasteiger partial charge in [-0.3, -0.25) is 23.2 Å². The van der Waals surface area contributed by atoms with Crippen molar-refractivity contribution in [3.8, 4) is 0 Å². The molecule has 0 aromatic heterocycles. The zero-order chi connectivity index (χ0) is 35.5. The Labute approximate surface area is 277 Å². The third kappa shape index (κ3) is 19.1. The van der Waals surface area contributed by atoms with Crippen LogP contribution in [0.5, 0.6) is 0 Å². The van der Waals surface area contributed by atoms with Crippen LogP contribution in [0.15, 0.2) is 0 Å². The molecule has 1 rings (SSSR count). The van der Waals surface area contributed by atoms with Crippen molar-refractivity contribution in [3.63, 3.8) is 0 Å². The quantitative estimate of drug-likeness (QED) is 0.0384. The predicted octanol–water partition coefficient (Wildman–Crippen LogP) is 3.16. The van der Waals surface area contributed by atoms with E-state index >= 15 is 0 Å². The lowest BCUT2D eigenvalue weighted by atomic mass is 9.85. The van der Waals surface area contributed by atoms with Crippen LogP contribution >= 0.6 is 15.6 Å². The van der Waals surface area contributed by atoms with Gasteiger partial charge >= 0.3 is 27.6 Å². The molecule has 7 N–H and O–H groups in total. The molecular weight excluding hydrogens is 666 g/mol. The first-order chi connectivity index (χ1) is 22.1. The van der Waals surface area contributed by atoms with E-state index in [4.69, 9.17) is 28.3 Å². The molecule has 0 amide bonds. The van der Waals surface area contributed by atoms with Gasteiger partial charge in [-0.2, -0.15) is 0 Å². The molecule has 278 valence electrons. The predicted molar refractivity (Wildman–Crippen MR) is 168 cm³/mol. The molecule has 0 aromatic carbocycles. The smallest absolute Gasteiger partial charge is 0.462 e. The molecule has 0 saturated heterocycles. The Morgan fingerprint density at radius 1 is 0.596 bits per heavy atom. The van der Waals surface area contributed by atoms with Gasteiger partial charge in [-0.15, -0.1) is 0 Å². The standard InChI is InChI=1S/C29H56O16P2/c1-3-5-6-7-8-9-10-11-12-13-14-15-16-18-23(31)43-21(19-41-22(30)17-4-2)20-42-47(39,40)45-29-26(34)24(32)25(33)28(27(29)35)44-46(36,37)38/h21,24-29,32-35H,3-20H2,1-2H3,(H,39,40)(H2,36,37,38)/t21-,24+,25+,26+,27-,28+,29+/m1/s1. The second-order valence-corrected chi connectivity index (χ2v) is 14.5. The number of hydrogen-bond donors (Lipinski definition) is 7. The van der Waals surface area contributed by atoms with Crippen LogP contribution < -0.4 is 0 Å². The Balaban J connectivity index is 2.60. The third-order valence-electron chi connectivity index (χ3n) is 7.65. The maximum absolute atomic E-state index is 12.7. The first-order valence-corrected chi connectivity index (χ1v) is 19.6. The van der Waals surface area contributed by atoms with Gasteiger partial charge in [0.05, 0.1) is 6.61 Å². The topological polar surface area (TPSA) is 256 Å². The van der Waals surface area contributed by atoms with Crippen molar-refractivity contribution < 1.29 is 76.9 Å². The van der Waals surface area contributed by atoms with Crippen LogP contribution in [-0.2, 0) is 41.8 Å². The van der Waals surface area contributed by atoms with E-state index in [1.54, 1.807) is 6.92 Å². The molecule has 1 saturated carbocycles. The molecule has 47 heavy (non-hydrogen) atoms. The van der Waals surface area contributed by atoms with Crippen molar-refractivity contribution in [2.24, 2.45) is 0 Å². The fourth-order valence-electron chi connectivity index (χ4n) is 5.06. The highest BCUT2D eigenvalue weighted by atomic mass is 31.2. The van der Waals surface area contributed by atoms with E-state index in [9.17, 15) is 44.0 Å². The lowest BCUT2D eigenvalue weighted by Crippen LogP contribution is -2.64. The molecule has 0 spiro atoms. The number of aliphatic hydroxyl groups excluding tert-OH is 4. The summed E-state index contributed by atoms with van der Waals surface area (Å²) in [4.78, 5) is 52.7. The second-order valence-electron chi connectivity index (χ2n) is 11.9. The van der Waals surface area contributed by atoms with Crippen molar-refractivity contribution in [3.05, 3.63) is 0 Å². The van der Waals surface area contributed by atoms with Gasteiger partial charge in [0.2, 0.25) is 0 Å². The minimum absolute atomic E-state index is 0.0477. The molecule has 0 heterocycles. The zero-order valence-electron chi connectivity index (χ0n) is 27.5. The van der Waals surface area contributed by atoms with E-state index in [1.807, 2.05) is 0 Å². The largest absolute Gasteiger partial charge is 0.472 e. The van der Waals surface area contributed by atoms with Gasteiger partial charge in [0.25, 0.3) is 0 Å². The molecule has 1 aliphatic rings. The number of phosphoric ester groups is 2. The highest BCUT2D eigenvalue weighted by Crippen LogP contribution is 2.49. The maximum atomic E-state index is 12.7. The SMILES string of the molecule is CCCCCCCCCCCCCCCC(=O)O[C@H](COC(=O)CCC)COP(=O)(O)O[C@@H]1[C@H](O)[C@@H](OP(=O)(O)O)[C@@H](O)[C@H](O)[C@@H]1O. The van der Waals surface area contributed by atoms with Gasteiger partial charge in [-0.05, 0) is 12.8 Å². The van der Waals surface area contributed by atoms with Crippen molar-refractivity contribution in [1.82, 2.24) is 0 Å². The number of rotatable bonds is 26. The number of phosphoric acid groups is 2. The van der Waals surface area contributed by atoms with Crippen LogP contribution in [0.4, 0.5) is 0 Å². The average molecular weight is 723 g/mol. The van der Waals surface area contributed by atoms with Gasteiger partial charge in [0.1, 0.15) is 43.2 Å². The van der Waals surface area contributed by atoms with Crippen LogP contribution in [0.25, 0.3) is 0 Å². The van der Waals surface area contributed by atoms with E-state index in [-0.39, 0.29) is 12.8 Å². The third-order valence-corrected chi connectivity index (χ3v) is 9.15. The van der Waals surface area contributed by atoms with Gasteiger partial charge in [-0.25, -0.2) is 9.13 Å². The summed E-state index contributed by atoms with van der Waals surface area (Å²) < 4.78 is 48.2. The van der Waals surface area contributed by atoms with Crippen LogP contribution in [0.3, 0.4) is 0 Å². The monoisotopic (exact) mass is 722 g/mol. The van der Waals surface area contributed by atoms with Gasteiger partial charge in [-0.1, -0.05) is 90.9 Å². The normalized spacial score (nSPS) is 25.2. The van der Waals surface area contributed by atoms with Crippen LogP contribution in [0, 0.1) is 0 Å². The number of ether oxygens (including phenoxy) is 2. The van der Waals surface area contributed by atoms with Crippen molar-refractivity contribution >= 4 is 27.6 Å². The number of aliphatic hydroxyl groups is 4. The molecule has 0 aromatic rings. The Morgan fingerprint density at radius 3 is 1.57 bits per heavy atom. The first-order valence-electron chi connectivity index (χ1n) is 16.6. The summed E-state index contributed by atoms with van der Waals surface area (Å²) in [5.41, 5.74) is 0. The first kappa shape index (κ1) is 44.0. The van der Waals surface area contributed by atoms with E-state index < -0.39 is 83.5 Å². The van der Waals surface area contributed by atoms with Crippen molar-refractivity contribution in [2.45, 2.75) is 159 Å². The zero-order valence-corrected chi connectivity index (χ0v) is 29.3. The van der Waals surface area contributed by atoms with E-state index in [0.717, 1.165) is 25.7 Å². The summed E-state index contributed by atoms with van der Waals surface area (Å²) in [5.74, 6) is -1.26. The van der Waals surface area contributed by atoms with E-state index in [2.05, 4.69) is 11.4 Å². The summed E-state index contributed by atoms with van der Waals surface area (Å²) in [7, 11) is -10.6. The second kappa shape index (κ2) is 23.4. The molecular formula is C29H56O16P2. The van der Waals surface area contributed by atoms with Gasteiger partial charge < -0.3 is 44.6 Å². The van der Waals surface area contributed by atoms with Crippen LogP contribution in [-0.4, -0.2) is 103 Å². The molecule has 0 radical (unpaired) electrons. The number of hydrogen-bond acceptors (Lipinski definition) is 13. The average Bonchev–Trinajstić information content (AvgIpc) is 3.00. The summed E-state index contributed by atoms with van der Waals surface area (Å²) in [6, 6.07) is 0. The van der Waals surface area contributed by atoms with Crippen molar-refractivity contribution in [2.75, 3.05) is 13.2 Å². The Hall–Kier alpha value is -1.00. The van der Waals surface area contributed by atoms with Crippen LogP contribution in [0.1, 0.15) is 117 Å². The summed E-state index contributed by atoms with van der Waals surface area (Å²) >= 11 is 0. The van der Waals surface area contributed by atoms with E-state index in [0.29, 0.717) is 12.8 Å². The summed E-state index contributed by atoms with van der Waals surface area (Å²) in [6.07, 6.45) is 0.505. The van der Waals surface area contributed by atoms with Gasteiger partial charge in [0, 0.05) is 12.8 Å². The molecule has 1 unspecified atom stereocenters. The lowest BCUT2D eigenvalue weighted by Gasteiger charge is -2.43. The lowest BCUT2D eigenvalue weighted by molar-refractivity contribution is -0.216. The Morgan fingerprint density at radius 2 is 1.09 bits per heavy atom. The Kier molecular flexibility index (Phi) is 21.9. The van der Waals surface area contributed by atoms with Crippen LogP contribution in [0.2, 0.25) is 0 Å². The molecule has 16 nitrogen and oxygen atoms in total. The highest BCUT2D eigenvalue weighted by molar-refractivity contribution is 7.47. The Bertz CT molecular complexity index is 978. The summed E-state index contributed by atoms with van der Waals surface area (Å²) in [5, 5.41) is 40.6. The number of carbonyl (C=O) groups excluding carboxylic acids is 2. The minimum atomic E-state index is -5.34. The molecule has 1 fully saturated rings. The number of carbonyl (C=O) groups is 2. The molecule has 18 heteroatoms. The molecule has 8 atom stereocenters. The highest BCUT2D eigenvalue weighted by Gasteiger charge is 2.54. The molecule has 0 bridgehead atoms. The minimum Gasteiger partial charge on any atom is -0.462 e. The fourth-order valence-corrected chi connectivity index (χ4v) is 6.60. The summed E-state index contributed by atoms with van der Waals surface area (Å²) in [6.45, 7) is 2.61. The van der Waals surface area contributed by atoms with E-state index in [1.165, 1.54) is 51.4 Å². The maximum Gasteiger partial charge on any atom is 0.472 e. The molecule has 1 aliphatic carbocycles. The molecule has 0 aliphatic heterocycles. The van der Waals surface area contributed by atoms with Gasteiger partial charge in [0.15, 0.2) is 6.10 Å². The number of unbranched alkanes of at least 4 members (excludes halogenated alkanes) is 12. The van der Waals surface area contributed by atoms with Crippen molar-refractivity contribution in [1.29, 1.82) is 0 Å².